The molecule has 2 saturated heterocycles. The van der Waals surface area contributed by atoms with Gasteiger partial charge in [0.15, 0.2) is 6.67 Å². The third kappa shape index (κ3) is 2.37. The maximum atomic E-state index is 11.4. The zero-order chi connectivity index (χ0) is 10.8. The molecule has 2 atom stereocenters. The third-order valence-electron chi connectivity index (χ3n) is 3.40. The van der Waals surface area contributed by atoms with Crippen LogP contribution in [-0.2, 0) is 9.59 Å². The molecule has 1 N–H and O–H groups in total. The van der Waals surface area contributed by atoms with Crippen LogP contribution < -0.4 is 4.90 Å². The number of carbonyl (C=O) groups excluding carboxylic acids is 2. The minimum Gasteiger partial charge on any atom is -0.317 e. The highest BCUT2D eigenvalue weighted by molar-refractivity contribution is 6.01. The second kappa shape index (κ2) is 4.31. The van der Waals surface area contributed by atoms with E-state index in [9.17, 15) is 9.59 Å². The van der Waals surface area contributed by atoms with Gasteiger partial charge in [0, 0.05) is 18.8 Å². The predicted molar refractivity (Wildman–Crippen MR) is 55.0 cm³/mol. The van der Waals surface area contributed by atoms with E-state index in [2.05, 4.69) is 6.92 Å². The van der Waals surface area contributed by atoms with Crippen LogP contribution in [-0.4, -0.2) is 36.5 Å². The average Bonchev–Trinajstić information content (AvgIpc) is 2.50. The molecule has 2 aliphatic heterocycles. The maximum absolute atomic E-state index is 11.4. The number of amides is 2. The number of piperidine rings is 1. The van der Waals surface area contributed by atoms with Crippen LogP contribution in [0.3, 0.4) is 0 Å². The van der Waals surface area contributed by atoms with Crippen molar-refractivity contribution in [3.63, 3.8) is 0 Å². The Hall–Kier alpha value is -0.900. The molecule has 0 aliphatic carbocycles. The highest BCUT2D eigenvalue weighted by Crippen LogP contribution is 2.10. The largest absolute Gasteiger partial charge is 0.317 e. The summed E-state index contributed by atoms with van der Waals surface area (Å²) < 4.78 is 0. The first-order chi connectivity index (χ1) is 7.16. The van der Waals surface area contributed by atoms with Crippen molar-refractivity contribution in [2.45, 2.75) is 32.6 Å². The van der Waals surface area contributed by atoms with E-state index in [-0.39, 0.29) is 11.8 Å². The molecule has 2 rings (SSSR count). The molecule has 4 heteroatoms. The molecule has 4 nitrogen and oxygen atoms in total. The number of hydrogen-bond donors (Lipinski definition) is 1. The van der Waals surface area contributed by atoms with Crippen molar-refractivity contribution >= 4 is 11.8 Å². The summed E-state index contributed by atoms with van der Waals surface area (Å²) in [5, 5.41) is 0. The lowest BCUT2D eigenvalue weighted by atomic mass is 10.0. The molecule has 2 fully saturated rings. The van der Waals surface area contributed by atoms with Crippen LogP contribution >= 0.6 is 0 Å². The Morgan fingerprint density at radius 3 is 2.60 bits per heavy atom. The van der Waals surface area contributed by atoms with E-state index < -0.39 is 0 Å². The quantitative estimate of drug-likeness (QED) is 0.620. The van der Waals surface area contributed by atoms with Crippen LogP contribution in [0.2, 0.25) is 0 Å². The molecular formula is C11H19N2O2+. The molecule has 2 heterocycles. The maximum Gasteiger partial charge on any atom is 0.234 e. The standard InChI is InChI=1S/C11H18N2O2/c1-9-3-2-6-12(7-9)8-13-10(14)4-5-11(13)15/h9H,2-8H2,1H3/p+1/t9-/m1/s1. The molecule has 0 aromatic carbocycles. The zero-order valence-electron chi connectivity index (χ0n) is 9.29. The SMILES string of the molecule is C[C@@H]1CCC[NH+](CN2C(=O)CCC2=O)C1. The van der Waals surface area contributed by atoms with Gasteiger partial charge in [0.1, 0.15) is 0 Å². The summed E-state index contributed by atoms with van der Waals surface area (Å²) in [6, 6.07) is 0. The highest BCUT2D eigenvalue weighted by Gasteiger charge is 2.33. The molecule has 0 saturated carbocycles. The molecule has 0 bridgehead atoms. The van der Waals surface area contributed by atoms with E-state index in [4.69, 9.17) is 0 Å². The Bertz CT molecular complexity index is 262. The van der Waals surface area contributed by atoms with E-state index in [1.807, 2.05) is 0 Å². The minimum atomic E-state index is 0.0192. The van der Waals surface area contributed by atoms with Gasteiger partial charge in [0.2, 0.25) is 11.8 Å². The van der Waals surface area contributed by atoms with E-state index >= 15 is 0 Å². The van der Waals surface area contributed by atoms with Gasteiger partial charge in [-0.05, 0) is 12.8 Å². The summed E-state index contributed by atoms with van der Waals surface area (Å²) in [5.41, 5.74) is 0. The second-order valence-electron chi connectivity index (χ2n) is 4.83. The monoisotopic (exact) mass is 211 g/mol. The summed E-state index contributed by atoms with van der Waals surface area (Å²) in [6.07, 6.45) is 3.33. The van der Waals surface area contributed by atoms with E-state index in [0.717, 1.165) is 19.0 Å². The fraction of sp³-hybridized carbons (Fsp3) is 0.818. The summed E-state index contributed by atoms with van der Waals surface area (Å²) in [7, 11) is 0. The first-order valence-electron chi connectivity index (χ1n) is 5.83. The van der Waals surface area contributed by atoms with Gasteiger partial charge in [0.25, 0.3) is 0 Å². The van der Waals surface area contributed by atoms with E-state index in [0.29, 0.717) is 19.5 Å². The molecule has 0 spiro atoms. The van der Waals surface area contributed by atoms with Crippen molar-refractivity contribution in [1.82, 2.24) is 4.90 Å². The van der Waals surface area contributed by atoms with Gasteiger partial charge in [-0.25, -0.2) is 4.90 Å². The average molecular weight is 211 g/mol. The van der Waals surface area contributed by atoms with Crippen molar-refractivity contribution < 1.29 is 14.5 Å². The lowest BCUT2D eigenvalue weighted by Gasteiger charge is -2.30. The van der Waals surface area contributed by atoms with Crippen molar-refractivity contribution in [2.24, 2.45) is 5.92 Å². The Morgan fingerprint density at radius 1 is 1.33 bits per heavy atom. The minimum absolute atomic E-state index is 0.0192. The predicted octanol–water partition coefficient (Wildman–Crippen LogP) is -0.592. The van der Waals surface area contributed by atoms with Gasteiger partial charge in [-0.2, -0.15) is 0 Å². The van der Waals surface area contributed by atoms with Gasteiger partial charge in [-0.15, -0.1) is 0 Å². The lowest BCUT2D eigenvalue weighted by Crippen LogP contribution is -3.15. The molecule has 84 valence electrons. The summed E-state index contributed by atoms with van der Waals surface area (Å²) in [5.74, 6) is 0.762. The Balaban J connectivity index is 1.90. The smallest absolute Gasteiger partial charge is 0.234 e. The summed E-state index contributed by atoms with van der Waals surface area (Å²) >= 11 is 0. The molecule has 2 amide bonds. The zero-order valence-corrected chi connectivity index (χ0v) is 9.29. The van der Waals surface area contributed by atoms with Gasteiger partial charge in [0.05, 0.1) is 13.1 Å². The first-order valence-corrected chi connectivity index (χ1v) is 5.83. The van der Waals surface area contributed by atoms with Crippen molar-refractivity contribution in [3.8, 4) is 0 Å². The van der Waals surface area contributed by atoms with Crippen LogP contribution in [0.5, 0.6) is 0 Å². The number of rotatable bonds is 2. The highest BCUT2D eigenvalue weighted by atomic mass is 16.2. The fourth-order valence-electron chi connectivity index (χ4n) is 2.56. The van der Waals surface area contributed by atoms with E-state index in [1.54, 1.807) is 0 Å². The van der Waals surface area contributed by atoms with Gasteiger partial charge >= 0.3 is 0 Å². The van der Waals surface area contributed by atoms with Crippen molar-refractivity contribution in [1.29, 1.82) is 0 Å². The van der Waals surface area contributed by atoms with Crippen LogP contribution in [0.4, 0.5) is 0 Å². The Morgan fingerprint density at radius 2 is 2.00 bits per heavy atom. The van der Waals surface area contributed by atoms with Crippen molar-refractivity contribution in [2.75, 3.05) is 19.8 Å². The van der Waals surface area contributed by atoms with Crippen LogP contribution in [0.1, 0.15) is 32.6 Å². The lowest BCUT2D eigenvalue weighted by molar-refractivity contribution is -0.915. The number of nitrogens with zero attached hydrogens (tertiary/aromatic N) is 1. The first kappa shape index (κ1) is 10.6. The van der Waals surface area contributed by atoms with Gasteiger partial charge < -0.3 is 4.90 Å². The molecule has 15 heavy (non-hydrogen) atoms. The molecule has 0 radical (unpaired) electrons. The van der Waals surface area contributed by atoms with E-state index in [1.165, 1.54) is 22.6 Å². The Labute approximate surface area is 90.2 Å². The molecular weight excluding hydrogens is 192 g/mol. The molecule has 1 unspecified atom stereocenters. The van der Waals surface area contributed by atoms with Crippen LogP contribution in [0.15, 0.2) is 0 Å². The number of hydrogen-bond acceptors (Lipinski definition) is 2. The third-order valence-corrected chi connectivity index (χ3v) is 3.40. The number of quaternary nitrogens is 1. The normalized spacial score (nSPS) is 32.5. The topological polar surface area (TPSA) is 41.8 Å². The number of likely N-dealkylation sites (tertiary alicyclic amines) is 2. The molecule has 2 aliphatic rings. The van der Waals surface area contributed by atoms with Gasteiger partial charge in [-0.1, -0.05) is 6.92 Å². The van der Waals surface area contributed by atoms with Crippen LogP contribution in [0, 0.1) is 5.92 Å². The van der Waals surface area contributed by atoms with Gasteiger partial charge in [-0.3, -0.25) is 9.59 Å². The summed E-state index contributed by atoms with van der Waals surface area (Å²) in [4.78, 5) is 25.7. The van der Waals surface area contributed by atoms with Crippen molar-refractivity contribution in [3.05, 3.63) is 0 Å². The molecule has 0 aromatic heterocycles. The second-order valence-corrected chi connectivity index (χ2v) is 4.83. The number of carbonyl (C=O) groups is 2. The number of nitrogens with one attached hydrogen (secondary N) is 1. The summed E-state index contributed by atoms with van der Waals surface area (Å²) in [6.45, 7) is 5.03. The van der Waals surface area contributed by atoms with Crippen LogP contribution in [0.25, 0.3) is 0 Å². The number of imide groups is 1. The Kier molecular flexibility index (Phi) is 3.05. The molecule has 0 aromatic rings. The fourth-order valence-corrected chi connectivity index (χ4v) is 2.56.